The number of phenolic OH excluding ortho intramolecular Hbond substituents is 1. The fourth-order valence-corrected chi connectivity index (χ4v) is 2.96. The Morgan fingerprint density at radius 1 is 1.22 bits per heavy atom. The van der Waals surface area contributed by atoms with Crippen molar-refractivity contribution in [2.45, 2.75) is 45.1 Å². The summed E-state index contributed by atoms with van der Waals surface area (Å²) in [5.41, 5.74) is 1.87. The van der Waals surface area contributed by atoms with Crippen LogP contribution in [-0.2, 0) is 10.2 Å². The number of hydrogen-bond acceptors (Lipinski definition) is 4. The van der Waals surface area contributed by atoms with Gasteiger partial charge in [0.1, 0.15) is 18.1 Å². The second kappa shape index (κ2) is 8.01. The van der Waals surface area contributed by atoms with Crippen LogP contribution in [-0.4, -0.2) is 30.3 Å². The molecule has 1 unspecified atom stereocenters. The van der Waals surface area contributed by atoms with E-state index >= 15 is 0 Å². The monoisotopic (exact) mass is 369 g/mol. The van der Waals surface area contributed by atoms with E-state index in [1.54, 1.807) is 30.3 Å². The summed E-state index contributed by atoms with van der Waals surface area (Å²) < 4.78 is 11.3. The highest BCUT2D eigenvalue weighted by molar-refractivity contribution is 6.05. The Bertz CT molecular complexity index is 787. The molecule has 0 saturated carbocycles. The lowest BCUT2D eigenvalue weighted by Crippen LogP contribution is -2.16. The third-order valence-electron chi connectivity index (χ3n) is 4.69. The van der Waals surface area contributed by atoms with E-state index in [1.807, 2.05) is 12.1 Å². The quantitative estimate of drug-likeness (QED) is 0.762. The van der Waals surface area contributed by atoms with Crippen molar-refractivity contribution >= 4 is 11.6 Å². The minimum Gasteiger partial charge on any atom is -0.506 e. The van der Waals surface area contributed by atoms with Crippen molar-refractivity contribution in [2.75, 3.05) is 18.5 Å². The molecule has 0 aromatic heterocycles. The number of carbonyl (C=O) groups is 1. The molecular formula is C22H27NO4. The summed E-state index contributed by atoms with van der Waals surface area (Å²) in [7, 11) is 0. The van der Waals surface area contributed by atoms with Crippen molar-refractivity contribution in [3.63, 3.8) is 0 Å². The van der Waals surface area contributed by atoms with E-state index < -0.39 is 0 Å². The van der Waals surface area contributed by atoms with Gasteiger partial charge in [0.05, 0.1) is 11.8 Å². The summed E-state index contributed by atoms with van der Waals surface area (Å²) in [4.78, 5) is 12.5. The fourth-order valence-electron chi connectivity index (χ4n) is 2.96. The van der Waals surface area contributed by atoms with E-state index in [-0.39, 0.29) is 23.2 Å². The summed E-state index contributed by atoms with van der Waals surface area (Å²) in [6.07, 6.45) is 2.26. The molecule has 1 saturated heterocycles. The van der Waals surface area contributed by atoms with Crippen molar-refractivity contribution < 1.29 is 19.4 Å². The molecule has 2 aromatic rings. The van der Waals surface area contributed by atoms with Gasteiger partial charge < -0.3 is 19.9 Å². The van der Waals surface area contributed by atoms with Gasteiger partial charge in [-0.05, 0) is 60.2 Å². The second-order valence-electron chi connectivity index (χ2n) is 7.91. The zero-order valence-corrected chi connectivity index (χ0v) is 16.1. The first kappa shape index (κ1) is 19.2. The Hall–Kier alpha value is -2.53. The standard InChI is InChI=1S/C22H27NO4/c1-22(2,3)16-8-11-20(24)19(13-16)23-21(25)15-6-9-17(10-7-15)27-14-18-5-4-12-26-18/h6-11,13,18,24H,4-5,12,14H2,1-3H3,(H,23,25). The lowest BCUT2D eigenvalue weighted by Gasteiger charge is -2.20. The van der Waals surface area contributed by atoms with E-state index in [0.29, 0.717) is 23.6 Å². The molecule has 5 heteroatoms. The number of benzene rings is 2. The van der Waals surface area contributed by atoms with Crippen LogP contribution in [0.15, 0.2) is 42.5 Å². The summed E-state index contributed by atoms with van der Waals surface area (Å²) in [6.45, 7) is 7.58. The molecule has 3 rings (SSSR count). The van der Waals surface area contributed by atoms with Gasteiger partial charge in [-0.3, -0.25) is 4.79 Å². The minimum absolute atomic E-state index is 0.0490. The lowest BCUT2D eigenvalue weighted by atomic mass is 9.87. The zero-order chi connectivity index (χ0) is 19.4. The normalized spacial score (nSPS) is 16.9. The Morgan fingerprint density at radius 3 is 2.59 bits per heavy atom. The number of phenols is 1. The van der Waals surface area contributed by atoms with Gasteiger partial charge in [-0.15, -0.1) is 0 Å². The average Bonchev–Trinajstić information content (AvgIpc) is 3.15. The number of aromatic hydroxyl groups is 1. The van der Waals surface area contributed by atoms with Crippen LogP contribution in [0, 0.1) is 0 Å². The van der Waals surface area contributed by atoms with E-state index in [4.69, 9.17) is 9.47 Å². The smallest absolute Gasteiger partial charge is 0.255 e. The maximum absolute atomic E-state index is 12.5. The lowest BCUT2D eigenvalue weighted by molar-refractivity contribution is 0.0679. The van der Waals surface area contributed by atoms with Crippen molar-refractivity contribution in [3.05, 3.63) is 53.6 Å². The van der Waals surface area contributed by atoms with Gasteiger partial charge >= 0.3 is 0 Å². The fraction of sp³-hybridized carbons (Fsp3) is 0.409. The van der Waals surface area contributed by atoms with Crippen molar-refractivity contribution in [2.24, 2.45) is 0 Å². The number of ether oxygens (including phenoxy) is 2. The Morgan fingerprint density at radius 2 is 1.96 bits per heavy atom. The van der Waals surface area contributed by atoms with Gasteiger partial charge in [-0.25, -0.2) is 0 Å². The van der Waals surface area contributed by atoms with Crippen LogP contribution in [0.4, 0.5) is 5.69 Å². The molecular weight excluding hydrogens is 342 g/mol. The maximum atomic E-state index is 12.5. The summed E-state index contributed by atoms with van der Waals surface area (Å²) in [5, 5.41) is 12.9. The Balaban J connectivity index is 1.64. The molecule has 2 N–H and O–H groups in total. The predicted molar refractivity (Wildman–Crippen MR) is 106 cm³/mol. The summed E-state index contributed by atoms with van der Waals surface area (Å²) >= 11 is 0. The molecule has 2 aromatic carbocycles. The topological polar surface area (TPSA) is 67.8 Å². The first-order valence-corrected chi connectivity index (χ1v) is 9.32. The molecule has 144 valence electrons. The highest BCUT2D eigenvalue weighted by Gasteiger charge is 2.18. The van der Waals surface area contributed by atoms with Crippen molar-refractivity contribution in [1.82, 2.24) is 0 Å². The largest absolute Gasteiger partial charge is 0.506 e. The summed E-state index contributed by atoms with van der Waals surface area (Å²) in [5.74, 6) is 0.481. The van der Waals surface area contributed by atoms with Crippen LogP contribution in [0.3, 0.4) is 0 Å². The minimum atomic E-state index is -0.276. The van der Waals surface area contributed by atoms with Crippen LogP contribution in [0.5, 0.6) is 11.5 Å². The van der Waals surface area contributed by atoms with E-state index in [9.17, 15) is 9.90 Å². The van der Waals surface area contributed by atoms with E-state index in [0.717, 1.165) is 25.0 Å². The van der Waals surface area contributed by atoms with Crippen molar-refractivity contribution in [1.29, 1.82) is 0 Å². The molecule has 5 nitrogen and oxygen atoms in total. The highest BCUT2D eigenvalue weighted by atomic mass is 16.5. The molecule has 0 aliphatic carbocycles. The van der Waals surface area contributed by atoms with E-state index in [1.165, 1.54) is 0 Å². The predicted octanol–water partition coefficient (Wildman–Crippen LogP) is 4.50. The molecule has 27 heavy (non-hydrogen) atoms. The third kappa shape index (κ3) is 5.01. The Kier molecular flexibility index (Phi) is 5.71. The number of amides is 1. The van der Waals surface area contributed by atoms with Gasteiger partial charge in [0.25, 0.3) is 5.91 Å². The van der Waals surface area contributed by atoms with Gasteiger partial charge in [0.2, 0.25) is 0 Å². The molecule has 1 fully saturated rings. The third-order valence-corrected chi connectivity index (χ3v) is 4.69. The van der Waals surface area contributed by atoms with E-state index in [2.05, 4.69) is 26.1 Å². The van der Waals surface area contributed by atoms with Gasteiger partial charge in [0, 0.05) is 12.2 Å². The molecule has 0 radical (unpaired) electrons. The number of rotatable bonds is 5. The van der Waals surface area contributed by atoms with Crippen LogP contribution in [0.25, 0.3) is 0 Å². The first-order valence-electron chi connectivity index (χ1n) is 9.32. The molecule has 1 aliphatic heterocycles. The van der Waals surface area contributed by atoms with Crippen molar-refractivity contribution in [3.8, 4) is 11.5 Å². The van der Waals surface area contributed by atoms with Gasteiger partial charge in [-0.1, -0.05) is 26.8 Å². The molecule has 0 spiro atoms. The number of nitrogens with one attached hydrogen (secondary N) is 1. The van der Waals surface area contributed by atoms with Gasteiger partial charge in [-0.2, -0.15) is 0 Å². The maximum Gasteiger partial charge on any atom is 0.255 e. The molecule has 1 heterocycles. The number of hydrogen-bond donors (Lipinski definition) is 2. The molecule has 1 amide bonds. The first-order chi connectivity index (χ1) is 12.8. The second-order valence-corrected chi connectivity index (χ2v) is 7.91. The molecule has 1 aliphatic rings. The van der Waals surface area contributed by atoms with Crippen LogP contribution in [0.1, 0.15) is 49.5 Å². The Labute approximate surface area is 160 Å². The molecule has 0 bridgehead atoms. The number of carbonyl (C=O) groups excluding carboxylic acids is 1. The average molecular weight is 369 g/mol. The van der Waals surface area contributed by atoms with Crippen LogP contribution >= 0.6 is 0 Å². The summed E-state index contributed by atoms with van der Waals surface area (Å²) in [6, 6.07) is 12.3. The number of anilines is 1. The molecule has 1 atom stereocenters. The highest BCUT2D eigenvalue weighted by Crippen LogP contribution is 2.31. The zero-order valence-electron chi connectivity index (χ0n) is 16.1. The SMILES string of the molecule is CC(C)(C)c1ccc(O)c(NC(=O)c2ccc(OCC3CCCO3)cc2)c1. The van der Waals surface area contributed by atoms with Gasteiger partial charge in [0.15, 0.2) is 0 Å². The van der Waals surface area contributed by atoms with Crippen LogP contribution in [0.2, 0.25) is 0 Å². The van der Waals surface area contributed by atoms with Crippen LogP contribution < -0.4 is 10.1 Å².